The Morgan fingerprint density at radius 1 is 1.29 bits per heavy atom. The summed E-state index contributed by atoms with van der Waals surface area (Å²) in [5.74, 6) is 3.41. The van der Waals surface area contributed by atoms with Gasteiger partial charge in [-0.15, -0.1) is 0 Å². The van der Waals surface area contributed by atoms with E-state index < -0.39 is 0 Å². The van der Waals surface area contributed by atoms with Gasteiger partial charge in [-0.3, -0.25) is 0 Å². The third kappa shape index (κ3) is 3.82. The molecule has 0 aromatic heterocycles. The van der Waals surface area contributed by atoms with Crippen molar-refractivity contribution in [2.75, 3.05) is 11.5 Å². The van der Waals surface area contributed by atoms with E-state index in [1.54, 1.807) is 0 Å². The van der Waals surface area contributed by atoms with Gasteiger partial charge in [-0.1, -0.05) is 34.6 Å². The Bertz CT molecular complexity index is 168. The van der Waals surface area contributed by atoms with Crippen molar-refractivity contribution in [3.63, 3.8) is 0 Å². The zero-order valence-electron chi connectivity index (χ0n) is 10.3. The second-order valence-electron chi connectivity index (χ2n) is 5.95. The molecule has 0 aliphatic carbocycles. The molecule has 0 radical (unpaired) electrons. The molecule has 0 aromatic rings. The Morgan fingerprint density at radius 3 is 2.14 bits per heavy atom. The summed E-state index contributed by atoms with van der Waals surface area (Å²) in [6.45, 7) is 11.7. The average molecular weight is 215 g/mol. The summed E-state index contributed by atoms with van der Waals surface area (Å²) in [6, 6.07) is 1.45. The van der Waals surface area contributed by atoms with Gasteiger partial charge >= 0.3 is 0 Å². The van der Waals surface area contributed by atoms with Crippen molar-refractivity contribution in [3.8, 4) is 0 Å². The Hall–Kier alpha value is 0.310. The fourth-order valence-corrected chi connectivity index (χ4v) is 2.42. The summed E-state index contributed by atoms with van der Waals surface area (Å²) in [5.41, 5.74) is 0.393. The summed E-state index contributed by atoms with van der Waals surface area (Å²) < 4.78 is 0. The van der Waals surface area contributed by atoms with E-state index in [9.17, 15) is 0 Å². The van der Waals surface area contributed by atoms with Crippen molar-refractivity contribution in [1.29, 1.82) is 0 Å². The molecule has 1 saturated heterocycles. The maximum Gasteiger partial charge on any atom is 0.0251 e. The van der Waals surface area contributed by atoms with E-state index in [1.165, 1.54) is 17.9 Å². The summed E-state index contributed by atoms with van der Waals surface area (Å²) in [7, 11) is 0. The predicted molar refractivity (Wildman–Crippen MR) is 66.9 cm³/mol. The second kappa shape index (κ2) is 4.89. The molecule has 1 nitrogen and oxygen atoms in total. The third-order valence-electron chi connectivity index (χ3n) is 2.83. The van der Waals surface area contributed by atoms with Crippen molar-refractivity contribution in [1.82, 2.24) is 5.32 Å². The van der Waals surface area contributed by atoms with Crippen molar-refractivity contribution < 1.29 is 0 Å². The molecule has 1 aliphatic heterocycles. The van der Waals surface area contributed by atoms with E-state index >= 15 is 0 Å². The summed E-state index contributed by atoms with van der Waals surface area (Å²) in [5, 5.41) is 3.80. The van der Waals surface area contributed by atoms with Crippen molar-refractivity contribution >= 4 is 11.8 Å². The van der Waals surface area contributed by atoms with Crippen LogP contribution >= 0.6 is 11.8 Å². The smallest absolute Gasteiger partial charge is 0.0251 e. The van der Waals surface area contributed by atoms with Gasteiger partial charge in [-0.25, -0.2) is 0 Å². The van der Waals surface area contributed by atoms with E-state index in [0.29, 0.717) is 11.5 Å². The Balaban J connectivity index is 2.43. The van der Waals surface area contributed by atoms with Gasteiger partial charge in [0.05, 0.1) is 0 Å². The van der Waals surface area contributed by atoms with Crippen molar-refractivity contribution in [3.05, 3.63) is 0 Å². The lowest BCUT2D eigenvalue weighted by molar-refractivity contribution is 0.221. The van der Waals surface area contributed by atoms with Gasteiger partial charge in [0, 0.05) is 23.6 Å². The number of hydrogen-bond donors (Lipinski definition) is 1. The first-order valence-corrected chi connectivity index (χ1v) is 6.89. The van der Waals surface area contributed by atoms with E-state index in [0.717, 1.165) is 12.0 Å². The fraction of sp³-hybridized carbons (Fsp3) is 1.00. The highest BCUT2D eigenvalue weighted by Crippen LogP contribution is 2.27. The maximum absolute atomic E-state index is 3.80. The predicted octanol–water partition coefficient (Wildman–Crippen LogP) is 3.15. The van der Waals surface area contributed by atoms with Crippen LogP contribution in [-0.2, 0) is 0 Å². The van der Waals surface area contributed by atoms with Crippen LogP contribution in [0.2, 0.25) is 0 Å². The first kappa shape index (κ1) is 12.4. The standard InChI is InChI=1S/C12H25NS/c1-9(2)6-11(12(3,4)5)13-10-7-14-8-10/h9-11,13H,6-8H2,1-5H3. The summed E-state index contributed by atoms with van der Waals surface area (Å²) >= 11 is 2.05. The van der Waals surface area contributed by atoms with E-state index in [1.807, 2.05) is 0 Å². The zero-order chi connectivity index (χ0) is 10.8. The first-order valence-electron chi connectivity index (χ1n) is 5.73. The van der Waals surface area contributed by atoms with Crippen LogP contribution in [0.5, 0.6) is 0 Å². The van der Waals surface area contributed by atoms with Crippen LogP contribution in [0.4, 0.5) is 0 Å². The quantitative estimate of drug-likeness (QED) is 0.773. The van der Waals surface area contributed by atoms with Gasteiger partial charge in [-0.2, -0.15) is 11.8 Å². The molecule has 14 heavy (non-hydrogen) atoms. The van der Waals surface area contributed by atoms with E-state index in [4.69, 9.17) is 0 Å². The highest BCUT2D eigenvalue weighted by atomic mass is 32.2. The van der Waals surface area contributed by atoms with Gasteiger partial charge in [0.2, 0.25) is 0 Å². The van der Waals surface area contributed by atoms with E-state index in [2.05, 4.69) is 51.7 Å². The molecule has 1 N–H and O–H groups in total. The molecule has 1 heterocycles. The lowest BCUT2D eigenvalue weighted by atomic mass is 9.81. The van der Waals surface area contributed by atoms with Crippen LogP contribution in [0, 0.1) is 11.3 Å². The van der Waals surface area contributed by atoms with Crippen molar-refractivity contribution in [2.24, 2.45) is 11.3 Å². The molecule has 84 valence electrons. The highest BCUT2D eigenvalue weighted by molar-refractivity contribution is 8.00. The van der Waals surface area contributed by atoms with E-state index in [-0.39, 0.29) is 0 Å². The SMILES string of the molecule is CC(C)CC(NC1CSC1)C(C)(C)C. The molecule has 0 aromatic carbocycles. The van der Waals surface area contributed by atoms with Crippen LogP contribution in [0.3, 0.4) is 0 Å². The third-order valence-corrected chi connectivity index (χ3v) is 4.10. The van der Waals surface area contributed by atoms with Gasteiger partial charge in [0.1, 0.15) is 0 Å². The highest BCUT2D eigenvalue weighted by Gasteiger charge is 2.29. The zero-order valence-corrected chi connectivity index (χ0v) is 11.1. The molecule has 0 bridgehead atoms. The minimum absolute atomic E-state index is 0.393. The fourth-order valence-electron chi connectivity index (χ4n) is 1.76. The molecule has 0 amide bonds. The monoisotopic (exact) mass is 215 g/mol. The Kier molecular flexibility index (Phi) is 4.32. The molecular weight excluding hydrogens is 190 g/mol. The Morgan fingerprint density at radius 2 is 1.86 bits per heavy atom. The van der Waals surface area contributed by atoms with Crippen LogP contribution in [0.25, 0.3) is 0 Å². The lowest BCUT2D eigenvalue weighted by Crippen LogP contribution is -2.51. The second-order valence-corrected chi connectivity index (χ2v) is 7.02. The molecule has 1 unspecified atom stereocenters. The largest absolute Gasteiger partial charge is 0.309 e. The normalized spacial score (nSPS) is 21.0. The number of nitrogens with one attached hydrogen (secondary N) is 1. The molecule has 2 heteroatoms. The van der Waals surface area contributed by atoms with Gasteiger partial charge < -0.3 is 5.32 Å². The minimum Gasteiger partial charge on any atom is -0.309 e. The number of rotatable bonds is 4. The van der Waals surface area contributed by atoms with Gasteiger partial charge in [0.15, 0.2) is 0 Å². The minimum atomic E-state index is 0.393. The van der Waals surface area contributed by atoms with Crippen LogP contribution in [0.15, 0.2) is 0 Å². The number of thioether (sulfide) groups is 1. The molecule has 1 atom stereocenters. The first-order chi connectivity index (χ1) is 6.39. The molecule has 1 fully saturated rings. The van der Waals surface area contributed by atoms with Crippen LogP contribution in [-0.4, -0.2) is 23.6 Å². The van der Waals surface area contributed by atoms with Gasteiger partial charge in [-0.05, 0) is 17.8 Å². The summed E-state index contributed by atoms with van der Waals surface area (Å²) in [6.07, 6.45) is 1.30. The van der Waals surface area contributed by atoms with Crippen molar-refractivity contribution in [2.45, 2.75) is 53.1 Å². The van der Waals surface area contributed by atoms with Crippen LogP contribution in [0.1, 0.15) is 41.0 Å². The molecule has 1 aliphatic rings. The Labute approximate surface area is 93.4 Å². The summed E-state index contributed by atoms with van der Waals surface area (Å²) in [4.78, 5) is 0. The van der Waals surface area contributed by atoms with Gasteiger partial charge in [0.25, 0.3) is 0 Å². The maximum atomic E-state index is 3.80. The number of hydrogen-bond acceptors (Lipinski definition) is 2. The molecule has 0 saturated carbocycles. The average Bonchev–Trinajstić information content (AvgIpc) is 1.90. The van der Waals surface area contributed by atoms with Crippen LogP contribution < -0.4 is 5.32 Å². The molecular formula is C12H25NS. The topological polar surface area (TPSA) is 12.0 Å². The molecule has 1 rings (SSSR count). The molecule has 0 spiro atoms. The lowest BCUT2D eigenvalue weighted by Gasteiger charge is -2.38.